The zero-order valence-electron chi connectivity index (χ0n) is 19.7. The van der Waals surface area contributed by atoms with Crippen molar-refractivity contribution in [2.45, 2.75) is 147 Å². The third kappa shape index (κ3) is 21.9. The van der Waals surface area contributed by atoms with Gasteiger partial charge in [0.2, 0.25) is 0 Å². The molecule has 0 aliphatic heterocycles. The SMILES string of the molecule is CCCCCCCCCC(CCCCCCCCCC(O)CCC)S(=O)(=O)[O-].[Na+]. The number of unbranched alkanes of at least 4 members (excludes halogenated alkanes) is 12. The Kier molecular flexibility index (Phi) is 24.4. The molecule has 2 unspecified atom stereocenters. The van der Waals surface area contributed by atoms with E-state index in [1.165, 1.54) is 32.1 Å². The van der Waals surface area contributed by atoms with Gasteiger partial charge < -0.3 is 9.66 Å². The summed E-state index contributed by atoms with van der Waals surface area (Å²) in [4.78, 5) is 0. The van der Waals surface area contributed by atoms with E-state index >= 15 is 0 Å². The van der Waals surface area contributed by atoms with Gasteiger partial charge in [-0.1, -0.05) is 110 Å². The van der Waals surface area contributed by atoms with Crippen LogP contribution in [0.15, 0.2) is 0 Å². The van der Waals surface area contributed by atoms with Crippen molar-refractivity contribution in [2.75, 3.05) is 0 Å². The first-order valence-corrected chi connectivity index (χ1v) is 13.5. The van der Waals surface area contributed by atoms with Crippen molar-refractivity contribution in [3.8, 4) is 0 Å². The van der Waals surface area contributed by atoms with E-state index < -0.39 is 15.4 Å². The van der Waals surface area contributed by atoms with Crippen molar-refractivity contribution < 1.29 is 47.6 Å². The fraction of sp³-hybridized carbons (Fsp3) is 1.00. The summed E-state index contributed by atoms with van der Waals surface area (Å²) in [7, 11) is -4.16. The Morgan fingerprint density at radius 3 is 1.38 bits per heavy atom. The molecule has 170 valence electrons. The van der Waals surface area contributed by atoms with Crippen LogP contribution in [0, 0.1) is 0 Å². The Morgan fingerprint density at radius 1 is 0.621 bits per heavy atom. The smallest absolute Gasteiger partial charge is 0.748 e. The van der Waals surface area contributed by atoms with Crippen LogP contribution in [0.25, 0.3) is 0 Å². The molecular weight excluding hydrogens is 395 g/mol. The average Bonchev–Trinajstić information content (AvgIpc) is 2.63. The number of aliphatic hydroxyl groups is 1. The normalized spacial score (nSPS) is 13.8. The second-order valence-corrected chi connectivity index (χ2v) is 10.2. The van der Waals surface area contributed by atoms with Crippen molar-refractivity contribution in [1.82, 2.24) is 0 Å². The summed E-state index contributed by atoms with van der Waals surface area (Å²) < 4.78 is 34.5. The third-order valence-electron chi connectivity index (χ3n) is 5.72. The fourth-order valence-electron chi connectivity index (χ4n) is 3.88. The van der Waals surface area contributed by atoms with Gasteiger partial charge in [-0.15, -0.1) is 0 Å². The Balaban J connectivity index is 0. The number of hydrogen-bond acceptors (Lipinski definition) is 4. The summed E-state index contributed by atoms with van der Waals surface area (Å²) >= 11 is 0. The van der Waals surface area contributed by atoms with Crippen LogP contribution in [0.5, 0.6) is 0 Å². The van der Waals surface area contributed by atoms with Crippen LogP contribution >= 0.6 is 0 Å². The molecule has 29 heavy (non-hydrogen) atoms. The molecule has 0 aliphatic carbocycles. The molecule has 0 bridgehead atoms. The largest absolute Gasteiger partial charge is 1.00 e. The predicted molar refractivity (Wildman–Crippen MR) is 119 cm³/mol. The Hall–Kier alpha value is 0.870. The van der Waals surface area contributed by atoms with Crippen LogP contribution in [-0.2, 0) is 10.1 Å². The van der Waals surface area contributed by atoms with Gasteiger partial charge in [0.25, 0.3) is 0 Å². The van der Waals surface area contributed by atoms with Crippen LogP contribution in [0.4, 0.5) is 0 Å². The number of aliphatic hydroxyl groups excluding tert-OH is 1. The first-order valence-electron chi connectivity index (χ1n) is 12.0. The first kappa shape index (κ1) is 32.1. The van der Waals surface area contributed by atoms with E-state index in [9.17, 15) is 18.1 Å². The van der Waals surface area contributed by atoms with E-state index in [1.54, 1.807) is 0 Å². The van der Waals surface area contributed by atoms with E-state index in [4.69, 9.17) is 0 Å². The minimum Gasteiger partial charge on any atom is -0.748 e. The molecular formula is C23H47NaO4S. The topological polar surface area (TPSA) is 77.4 Å². The molecule has 0 rings (SSSR count). The monoisotopic (exact) mass is 442 g/mol. The average molecular weight is 443 g/mol. The molecule has 0 aromatic heterocycles. The van der Waals surface area contributed by atoms with E-state index in [2.05, 4.69) is 13.8 Å². The second-order valence-electron chi connectivity index (χ2n) is 8.52. The molecule has 6 heteroatoms. The summed E-state index contributed by atoms with van der Waals surface area (Å²) in [6.45, 7) is 4.30. The molecule has 0 aromatic carbocycles. The number of rotatable bonds is 21. The van der Waals surface area contributed by atoms with Crippen molar-refractivity contribution in [3.63, 3.8) is 0 Å². The molecule has 0 heterocycles. The van der Waals surface area contributed by atoms with E-state index in [-0.39, 0.29) is 35.7 Å². The second kappa shape index (κ2) is 22.1. The van der Waals surface area contributed by atoms with Gasteiger partial charge in [-0.05, 0) is 25.7 Å². The van der Waals surface area contributed by atoms with Crippen LogP contribution in [-0.4, -0.2) is 29.4 Å². The maximum Gasteiger partial charge on any atom is 1.00 e. The van der Waals surface area contributed by atoms with E-state index in [0.717, 1.165) is 77.0 Å². The quantitative estimate of drug-likeness (QED) is 0.167. The number of hydrogen-bond donors (Lipinski definition) is 1. The molecule has 0 spiro atoms. The van der Waals surface area contributed by atoms with Gasteiger partial charge in [0.05, 0.1) is 16.2 Å². The minimum atomic E-state index is -4.16. The zero-order valence-corrected chi connectivity index (χ0v) is 22.5. The zero-order chi connectivity index (χ0) is 21.1. The van der Waals surface area contributed by atoms with Gasteiger partial charge in [0.15, 0.2) is 0 Å². The molecule has 0 saturated carbocycles. The summed E-state index contributed by atoms with van der Waals surface area (Å²) in [6, 6.07) is 0. The van der Waals surface area contributed by atoms with Gasteiger partial charge in [0.1, 0.15) is 0 Å². The molecule has 0 amide bonds. The molecule has 0 aromatic rings. The molecule has 1 N–H and O–H groups in total. The van der Waals surface area contributed by atoms with Gasteiger partial charge in [-0.3, -0.25) is 0 Å². The molecule has 0 saturated heterocycles. The summed E-state index contributed by atoms with van der Waals surface area (Å²) in [5, 5.41) is 9.01. The Bertz CT molecular complexity index is 429. The molecule has 4 nitrogen and oxygen atoms in total. The third-order valence-corrected chi connectivity index (χ3v) is 7.01. The molecule has 0 fully saturated rings. The minimum absolute atomic E-state index is 0. The van der Waals surface area contributed by atoms with E-state index in [1.807, 2.05) is 0 Å². The van der Waals surface area contributed by atoms with Crippen LogP contribution in [0.2, 0.25) is 0 Å². The maximum atomic E-state index is 11.5. The summed E-state index contributed by atoms with van der Waals surface area (Å²) in [6.07, 6.45) is 19.4. The maximum absolute atomic E-state index is 11.5. The van der Waals surface area contributed by atoms with Crippen LogP contribution in [0.1, 0.15) is 136 Å². The summed E-state index contributed by atoms with van der Waals surface area (Å²) in [5.74, 6) is 0. The van der Waals surface area contributed by atoms with Gasteiger partial charge in [-0.2, -0.15) is 0 Å². The molecule has 2 atom stereocenters. The standard InChI is InChI=1S/C23H48O4S.Na/c1-3-5-6-7-9-13-16-20-23(28(25,26)27)21-17-14-11-8-10-12-15-19-22(24)18-4-2;/h22-24H,3-21H2,1-2H3,(H,25,26,27);/q;+1/p-1. The van der Waals surface area contributed by atoms with Crippen molar-refractivity contribution >= 4 is 10.1 Å². The van der Waals surface area contributed by atoms with Gasteiger partial charge >= 0.3 is 29.6 Å². The van der Waals surface area contributed by atoms with Crippen LogP contribution < -0.4 is 29.6 Å². The summed E-state index contributed by atoms with van der Waals surface area (Å²) in [5.41, 5.74) is 0. The first-order chi connectivity index (χ1) is 13.4. The molecule has 0 aliphatic rings. The van der Waals surface area contributed by atoms with Gasteiger partial charge in [0, 0.05) is 5.25 Å². The molecule has 0 radical (unpaired) electrons. The Labute approximate surface area is 204 Å². The van der Waals surface area contributed by atoms with Crippen LogP contribution in [0.3, 0.4) is 0 Å². The fourth-order valence-corrected chi connectivity index (χ4v) is 4.79. The Morgan fingerprint density at radius 2 is 1.00 bits per heavy atom. The van der Waals surface area contributed by atoms with Crippen molar-refractivity contribution in [2.24, 2.45) is 0 Å². The van der Waals surface area contributed by atoms with Crippen molar-refractivity contribution in [1.29, 1.82) is 0 Å². The van der Waals surface area contributed by atoms with Gasteiger partial charge in [-0.25, -0.2) is 8.42 Å². The van der Waals surface area contributed by atoms with E-state index in [0.29, 0.717) is 12.8 Å². The predicted octanol–water partition coefficient (Wildman–Crippen LogP) is 3.72. The van der Waals surface area contributed by atoms with Crippen molar-refractivity contribution in [3.05, 3.63) is 0 Å².